The van der Waals surface area contributed by atoms with E-state index in [2.05, 4.69) is 30.9 Å². The third-order valence-electron chi connectivity index (χ3n) is 4.24. The van der Waals surface area contributed by atoms with Crippen LogP contribution in [0.15, 0.2) is 59.3 Å². The summed E-state index contributed by atoms with van der Waals surface area (Å²) in [5.41, 5.74) is 4.05. The molecule has 6 aromatic rings. The fourth-order valence-electron chi connectivity index (χ4n) is 3.15. The lowest BCUT2D eigenvalue weighted by molar-refractivity contribution is 0.442. The van der Waals surface area contributed by atoms with Crippen LogP contribution in [0.4, 0.5) is 0 Å². The highest BCUT2D eigenvalue weighted by Crippen LogP contribution is 2.34. The van der Waals surface area contributed by atoms with Crippen LogP contribution in [0.1, 0.15) is 0 Å². The summed E-state index contributed by atoms with van der Waals surface area (Å²) in [6, 6.07) is 16.2. The van der Waals surface area contributed by atoms with E-state index in [0.717, 1.165) is 43.7 Å². The van der Waals surface area contributed by atoms with Crippen molar-refractivity contribution in [2.45, 2.75) is 0 Å². The summed E-state index contributed by atoms with van der Waals surface area (Å²) in [5.74, 6) is 1.54. The quantitative estimate of drug-likeness (QED) is 0.425. The van der Waals surface area contributed by atoms with E-state index in [0.29, 0.717) is 0 Å². The van der Waals surface area contributed by atoms with E-state index in [1.807, 2.05) is 47.2 Å². The van der Waals surface area contributed by atoms with Gasteiger partial charge < -0.3 is 4.74 Å². The molecule has 0 aliphatic rings. The molecular weight excluding hydrogens is 352 g/mol. The minimum atomic E-state index is 0.770. The molecule has 4 heterocycles. The van der Waals surface area contributed by atoms with E-state index in [1.54, 1.807) is 22.7 Å². The first-order valence-corrected chi connectivity index (χ1v) is 9.52. The molecule has 6 rings (SSSR count). The van der Waals surface area contributed by atoms with Crippen molar-refractivity contribution in [1.29, 1.82) is 0 Å². The molecule has 5 nitrogen and oxygen atoms in total. The van der Waals surface area contributed by atoms with E-state index in [-0.39, 0.29) is 0 Å². The van der Waals surface area contributed by atoms with Crippen LogP contribution in [0.5, 0.6) is 11.8 Å². The van der Waals surface area contributed by atoms with Crippen LogP contribution in [0, 0.1) is 0 Å². The Hall–Kier alpha value is -2.90. The van der Waals surface area contributed by atoms with Crippen LogP contribution in [0.3, 0.4) is 0 Å². The zero-order valence-corrected chi connectivity index (χ0v) is 14.4. The second kappa shape index (κ2) is 4.81. The number of para-hydroxylation sites is 4. The van der Waals surface area contributed by atoms with Gasteiger partial charge in [0, 0.05) is 0 Å². The second-order valence-corrected chi connectivity index (χ2v) is 7.36. The molecule has 0 saturated carbocycles. The summed E-state index contributed by atoms with van der Waals surface area (Å²) < 4.78 is 10.4. The zero-order chi connectivity index (χ0) is 16.4. The van der Waals surface area contributed by atoms with Gasteiger partial charge in [0.25, 0.3) is 0 Å². The molecule has 0 saturated heterocycles. The SMILES string of the molecule is c1ccc2c(c1)nc1scc(Oc3csc4nc5ccccc5n34)n12. The van der Waals surface area contributed by atoms with Crippen molar-refractivity contribution in [1.82, 2.24) is 18.8 Å². The average Bonchev–Trinajstić information content (AvgIpc) is 3.36. The van der Waals surface area contributed by atoms with Gasteiger partial charge in [0.1, 0.15) is 0 Å². The Balaban J connectivity index is 1.58. The Morgan fingerprint density at radius 3 is 1.68 bits per heavy atom. The van der Waals surface area contributed by atoms with Crippen molar-refractivity contribution in [2.75, 3.05) is 0 Å². The van der Waals surface area contributed by atoms with Gasteiger partial charge in [-0.2, -0.15) is 0 Å². The first kappa shape index (κ1) is 13.4. The van der Waals surface area contributed by atoms with Crippen molar-refractivity contribution in [2.24, 2.45) is 0 Å². The first-order chi connectivity index (χ1) is 12.4. The van der Waals surface area contributed by atoms with Gasteiger partial charge in [-0.3, -0.25) is 8.80 Å². The lowest BCUT2D eigenvalue weighted by atomic mass is 10.3. The number of benzene rings is 2. The minimum absolute atomic E-state index is 0.770. The van der Waals surface area contributed by atoms with Crippen LogP contribution < -0.4 is 4.74 Å². The van der Waals surface area contributed by atoms with Gasteiger partial charge in [-0.05, 0) is 24.3 Å². The van der Waals surface area contributed by atoms with Gasteiger partial charge in [0.2, 0.25) is 11.8 Å². The number of imidazole rings is 2. The van der Waals surface area contributed by atoms with Crippen molar-refractivity contribution < 1.29 is 4.74 Å². The summed E-state index contributed by atoms with van der Waals surface area (Å²) in [6.45, 7) is 0. The van der Waals surface area contributed by atoms with Crippen molar-refractivity contribution in [3.63, 3.8) is 0 Å². The van der Waals surface area contributed by atoms with Crippen LogP contribution in [-0.4, -0.2) is 18.8 Å². The van der Waals surface area contributed by atoms with E-state index in [1.165, 1.54) is 0 Å². The highest BCUT2D eigenvalue weighted by Gasteiger charge is 2.16. The molecule has 0 unspecified atom stereocenters. The monoisotopic (exact) mass is 362 g/mol. The molecule has 7 heteroatoms. The number of fused-ring (bicyclic) bond motifs is 6. The number of hydrogen-bond acceptors (Lipinski definition) is 5. The lowest BCUT2D eigenvalue weighted by Crippen LogP contribution is -1.92. The first-order valence-electron chi connectivity index (χ1n) is 7.76. The molecule has 0 N–H and O–H groups in total. The third kappa shape index (κ3) is 1.82. The van der Waals surface area contributed by atoms with Crippen LogP contribution in [-0.2, 0) is 0 Å². The summed E-state index contributed by atoms with van der Waals surface area (Å²) in [5, 5.41) is 3.99. The Labute approximate surface area is 149 Å². The van der Waals surface area contributed by atoms with E-state index < -0.39 is 0 Å². The van der Waals surface area contributed by atoms with Gasteiger partial charge in [0.15, 0.2) is 9.92 Å². The van der Waals surface area contributed by atoms with Crippen molar-refractivity contribution >= 4 is 54.7 Å². The molecule has 0 aliphatic carbocycles. The number of rotatable bonds is 2. The fourth-order valence-corrected chi connectivity index (χ4v) is 4.76. The molecule has 0 atom stereocenters. The van der Waals surface area contributed by atoms with Gasteiger partial charge in [-0.1, -0.05) is 24.3 Å². The Kier molecular flexibility index (Phi) is 2.58. The minimum Gasteiger partial charge on any atom is -0.422 e. The standard InChI is InChI=1S/C18H10N4OS2/c1-3-7-13-11(5-1)19-17-21(13)15(9-24-17)23-16-10-25-18-20-12-6-2-4-8-14(12)22(16)18/h1-10H. The highest BCUT2D eigenvalue weighted by atomic mass is 32.1. The summed E-state index contributed by atoms with van der Waals surface area (Å²) >= 11 is 3.16. The van der Waals surface area contributed by atoms with Crippen molar-refractivity contribution in [3.8, 4) is 11.8 Å². The fraction of sp³-hybridized carbons (Fsp3) is 0. The predicted molar refractivity (Wildman–Crippen MR) is 101 cm³/mol. The molecule has 25 heavy (non-hydrogen) atoms. The molecule has 2 aromatic carbocycles. The van der Waals surface area contributed by atoms with Gasteiger partial charge >= 0.3 is 0 Å². The Morgan fingerprint density at radius 1 is 0.680 bits per heavy atom. The van der Waals surface area contributed by atoms with Gasteiger partial charge in [-0.15, -0.1) is 22.7 Å². The van der Waals surface area contributed by atoms with E-state index in [9.17, 15) is 0 Å². The maximum atomic E-state index is 6.28. The summed E-state index contributed by atoms with van der Waals surface area (Å²) in [4.78, 5) is 11.2. The van der Waals surface area contributed by atoms with E-state index >= 15 is 0 Å². The number of ether oxygens (including phenoxy) is 1. The molecule has 4 aromatic heterocycles. The molecule has 0 fully saturated rings. The maximum Gasteiger partial charge on any atom is 0.219 e. The summed E-state index contributed by atoms with van der Waals surface area (Å²) in [7, 11) is 0. The lowest BCUT2D eigenvalue weighted by Gasteiger charge is -2.04. The third-order valence-corrected chi connectivity index (χ3v) is 5.85. The predicted octanol–water partition coefficient (Wildman–Crippen LogP) is 5.20. The molecule has 0 amide bonds. The van der Waals surface area contributed by atoms with E-state index in [4.69, 9.17) is 4.74 Å². The van der Waals surface area contributed by atoms with Crippen LogP contribution >= 0.6 is 22.7 Å². The number of aromatic nitrogens is 4. The van der Waals surface area contributed by atoms with Crippen LogP contribution in [0.2, 0.25) is 0 Å². The van der Waals surface area contributed by atoms with Gasteiger partial charge in [0.05, 0.1) is 32.8 Å². The largest absolute Gasteiger partial charge is 0.422 e. The number of nitrogens with zero attached hydrogens (tertiary/aromatic N) is 4. The molecule has 0 radical (unpaired) electrons. The average molecular weight is 362 g/mol. The molecular formula is C18H10N4OS2. The van der Waals surface area contributed by atoms with Gasteiger partial charge in [-0.25, -0.2) is 9.97 Å². The topological polar surface area (TPSA) is 43.8 Å². The highest BCUT2D eigenvalue weighted by molar-refractivity contribution is 7.15. The normalized spacial score (nSPS) is 12.0. The molecule has 120 valence electrons. The zero-order valence-electron chi connectivity index (χ0n) is 12.8. The summed E-state index contributed by atoms with van der Waals surface area (Å²) in [6.07, 6.45) is 0. The number of thiazole rings is 2. The molecule has 0 aliphatic heterocycles. The van der Waals surface area contributed by atoms with Crippen molar-refractivity contribution in [3.05, 3.63) is 59.3 Å². The maximum absolute atomic E-state index is 6.28. The Bertz CT molecular complexity index is 1280. The smallest absolute Gasteiger partial charge is 0.219 e. The van der Waals surface area contributed by atoms with Crippen LogP contribution in [0.25, 0.3) is 32.0 Å². The molecule has 0 bridgehead atoms. The molecule has 0 spiro atoms. The second-order valence-electron chi connectivity index (χ2n) is 5.69. The Morgan fingerprint density at radius 2 is 1.16 bits per heavy atom. The number of hydrogen-bond donors (Lipinski definition) is 0.